The Hall–Kier alpha value is -0.460. The second-order valence-electron chi connectivity index (χ2n) is 4.78. The van der Waals surface area contributed by atoms with Gasteiger partial charge in [0.15, 0.2) is 0 Å². The van der Waals surface area contributed by atoms with Crippen molar-refractivity contribution in [1.82, 2.24) is 0 Å². The largest absolute Gasteiger partial charge is 0.0851 e. The van der Waals surface area contributed by atoms with E-state index in [0.717, 1.165) is 12.3 Å². The second kappa shape index (κ2) is 6.47. The van der Waals surface area contributed by atoms with E-state index in [1.54, 1.807) is 0 Å². The normalized spacial score (nSPS) is 17.8. The van der Waals surface area contributed by atoms with Crippen LogP contribution in [0, 0.1) is 5.92 Å². The van der Waals surface area contributed by atoms with E-state index in [9.17, 15) is 0 Å². The molecule has 1 aromatic carbocycles. The highest BCUT2D eigenvalue weighted by atomic mass is 35.5. The average molecular weight is 269 g/mol. The van der Waals surface area contributed by atoms with E-state index >= 15 is 0 Å². The maximum absolute atomic E-state index is 5.99. The summed E-state index contributed by atoms with van der Waals surface area (Å²) in [6, 6.07) is 5.86. The molecule has 0 bridgehead atoms. The molecular weight excluding hydrogens is 251 g/mol. The summed E-state index contributed by atoms with van der Waals surface area (Å²) in [5.74, 6) is 0.798. The van der Waals surface area contributed by atoms with Gasteiger partial charge < -0.3 is 0 Å². The summed E-state index contributed by atoms with van der Waals surface area (Å²) < 4.78 is 0. The molecule has 17 heavy (non-hydrogen) atoms. The minimum absolute atomic E-state index is 0.631. The van der Waals surface area contributed by atoms with Crippen LogP contribution >= 0.6 is 23.2 Å². The lowest BCUT2D eigenvalue weighted by molar-refractivity contribution is 0.419. The van der Waals surface area contributed by atoms with Gasteiger partial charge in [-0.3, -0.25) is 0 Å². The van der Waals surface area contributed by atoms with Gasteiger partial charge in [0, 0.05) is 0 Å². The lowest BCUT2D eigenvalue weighted by Gasteiger charge is -2.17. The molecule has 2 heteroatoms. The minimum atomic E-state index is 0.631. The fraction of sp³-hybridized carbons (Fsp3) is 0.467. The predicted octanol–water partition coefficient (Wildman–Crippen LogP) is 5.67. The summed E-state index contributed by atoms with van der Waals surface area (Å²) in [6.45, 7) is 0. The first-order valence-electron chi connectivity index (χ1n) is 6.36. The van der Waals surface area contributed by atoms with E-state index in [-0.39, 0.29) is 0 Å². The molecule has 0 N–H and O–H groups in total. The smallest absolute Gasteiger partial charge is 0.0595 e. The Labute approximate surface area is 114 Å². The van der Waals surface area contributed by atoms with E-state index in [1.165, 1.54) is 37.7 Å². The molecular formula is C15H18Cl2. The van der Waals surface area contributed by atoms with Crippen molar-refractivity contribution < 1.29 is 0 Å². The zero-order valence-electron chi connectivity index (χ0n) is 9.96. The van der Waals surface area contributed by atoms with Gasteiger partial charge in [0.05, 0.1) is 10.0 Å². The first-order valence-corrected chi connectivity index (χ1v) is 7.12. The Bertz CT molecular complexity index is 390. The van der Waals surface area contributed by atoms with E-state index in [2.05, 4.69) is 12.2 Å². The monoisotopic (exact) mass is 268 g/mol. The number of rotatable bonds is 3. The summed E-state index contributed by atoms with van der Waals surface area (Å²) in [5.41, 5.74) is 1.23. The SMILES string of the molecule is Clc1ccc(C/C=C/C2CCCCC2)cc1Cl. The van der Waals surface area contributed by atoms with E-state index in [4.69, 9.17) is 23.2 Å². The lowest BCUT2D eigenvalue weighted by atomic mass is 9.89. The molecule has 1 aromatic rings. The highest BCUT2D eigenvalue weighted by Gasteiger charge is 2.09. The summed E-state index contributed by atoms with van der Waals surface area (Å²) in [5, 5.41) is 1.28. The molecule has 0 radical (unpaired) electrons. The number of allylic oxidation sites excluding steroid dienone is 2. The van der Waals surface area contributed by atoms with Gasteiger partial charge in [0.1, 0.15) is 0 Å². The van der Waals surface area contributed by atoms with Crippen LogP contribution in [0.25, 0.3) is 0 Å². The number of hydrogen-bond acceptors (Lipinski definition) is 0. The van der Waals surface area contributed by atoms with Crippen LogP contribution in [0.2, 0.25) is 10.0 Å². The summed E-state index contributed by atoms with van der Waals surface area (Å²) in [4.78, 5) is 0. The number of hydrogen-bond donors (Lipinski definition) is 0. The van der Waals surface area contributed by atoms with Crippen molar-refractivity contribution in [3.8, 4) is 0 Å². The maximum atomic E-state index is 5.99. The van der Waals surface area contributed by atoms with Crippen molar-refractivity contribution in [2.45, 2.75) is 38.5 Å². The maximum Gasteiger partial charge on any atom is 0.0595 e. The lowest BCUT2D eigenvalue weighted by Crippen LogP contribution is -2.02. The third-order valence-electron chi connectivity index (χ3n) is 3.40. The van der Waals surface area contributed by atoms with Gasteiger partial charge in [-0.25, -0.2) is 0 Å². The van der Waals surface area contributed by atoms with Crippen molar-refractivity contribution in [3.63, 3.8) is 0 Å². The Morgan fingerprint density at radius 1 is 1.06 bits per heavy atom. The van der Waals surface area contributed by atoms with Crippen LogP contribution in [0.1, 0.15) is 37.7 Å². The third kappa shape index (κ3) is 4.04. The molecule has 1 aliphatic carbocycles. The van der Waals surface area contributed by atoms with Crippen LogP contribution in [0.4, 0.5) is 0 Å². The fourth-order valence-corrected chi connectivity index (χ4v) is 2.71. The van der Waals surface area contributed by atoms with Crippen LogP contribution in [0.5, 0.6) is 0 Å². The summed E-state index contributed by atoms with van der Waals surface area (Å²) in [6.07, 6.45) is 12.5. The fourth-order valence-electron chi connectivity index (χ4n) is 2.39. The Morgan fingerprint density at radius 2 is 1.82 bits per heavy atom. The molecule has 1 saturated carbocycles. The third-order valence-corrected chi connectivity index (χ3v) is 4.13. The molecule has 0 amide bonds. The van der Waals surface area contributed by atoms with Gasteiger partial charge in [0.2, 0.25) is 0 Å². The topological polar surface area (TPSA) is 0 Å². The van der Waals surface area contributed by atoms with Crippen LogP contribution < -0.4 is 0 Å². The van der Waals surface area contributed by atoms with Crippen molar-refractivity contribution in [3.05, 3.63) is 46.0 Å². The van der Waals surface area contributed by atoms with Crippen molar-refractivity contribution in [1.29, 1.82) is 0 Å². The molecule has 0 atom stereocenters. The van der Waals surface area contributed by atoms with Crippen molar-refractivity contribution in [2.75, 3.05) is 0 Å². The van der Waals surface area contributed by atoms with Gasteiger partial charge in [-0.1, -0.05) is 60.7 Å². The van der Waals surface area contributed by atoms with Crippen LogP contribution in [0.3, 0.4) is 0 Å². The number of halogens is 2. The first-order chi connectivity index (χ1) is 8.25. The summed E-state index contributed by atoms with van der Waals surface area (Å²) >= 11 is 11.9. The van der Waals surface area contributed by atoms with Crippen LogP contribution in [-0.4, -0.2) is 0 Å². The molecule has 1 aliphatic rings. The molecule has 1 fully saturated rings. The molecule has 0 aliphatic heterocycles. The van der Waals surface area contributed by atoms with Crippen molar-refractivity contribution in [2.24, 2.45) is 5.92 Å². The van der Waals surface area contributed by atoms with Gasteiger partial charge in [-0.05, 0) is 42.9 Å². The standard InChI is InChI=1S/C15H18Cl2/c16-14-10-9-13(11-15(14)17)8-4-7-12-5-2-1-3-6-12/h4,7,9-12H,1-3,5-6,8H2/b7-4+. The highest BCUT2D eigenvalue weighted by molar-refractivity contribution is 6.42. The molecule has 0 unspecified atom stereocenters. The average Bonchev–Trinajstić information content (AvgIpc) is 2.35. The minimum Gasteiger partial charge on any atom is -0.0851 e. The molecule has 0 heterocycles. The van der Waals surface area contributed by atoms with E-state index < -0.39 is 0 Å². The Morgan fingerprint density at radius 3 is 2.53 bits per heavy atom. The van der Waals surface area contributed by atoms with Crippen LogP contribution in [-0.2, 0) is 6.42 Å². The zero-order chi connectivity index (χ0) is 12.1. The van der Waals surface area contributed by atoms with Crippen LogP contribution in [0.15, 0.2) is 30.4 Å². The van der Waals surface area contributed by atoms with Gasteiger partial charge in [-0.2, -0.15) is 0 Å². The Balaban J connectivity index is 1.88. The van der Waals surface area contributed by atoms with E-state index in [1.807, 2.05) is 18.2 Å². The van der Waals surface area contributed by atoms with E-state index in [0.29, 0.717) is 10.0 Å². The predicted molar refractivity (Wildman–Crippen MR) is 75.9 cm³/mol. The summed E-state index contributed by atoms with van der Waals surface area (Å²) in [7, 11) is 0. The molecule has 2 rings (SSSR count). The zero-order valence-corrected chi connectivity index (χ0v) is 11.5. The van der Waals surface area contributed by atoms with Gasteiger partial charge in [-0.15, -0.1) is 0 Å². The molecule has 0 spiro atoms. The molecule has 0 nitrogen and oxygen atoms in total. The van der Waals surface area contributed by atoms with Gasteiger partial charge >= 0.3 is 0 Å². The highest BCUT2D eigenvalue weighted by Crippen LogP contribution is 2.25. The Kier molecular flexibility index (Phi) is 4.94. The molecule has 0 saturated heterocycles. The molecule has 0 aromatic heterocycles. The van der Waals surface area contributed by atoms with Crippen molar-refractivity contribution >= 4 is 23.2 Å². The first kappa shape index (κ1) is 13.0. The molecule has 92 valence electrons. The quantitative estimate of drug-likeness (QED) is 0.620. The number of benzene rings is 1. The second-order valence-corrected chi connectivity index (χ2v) is 5.59. The van der Waals surface area contributed by atoms with Gasteiger partial charge in [0.25, 0.3) is 0 Å².